The van der Waals surface area contributed by atoms with Gasteiger partial charge in [-0.3, -0.25) is 9.59 Å². The summed E-state index contributed by atoms with van der Waals surface area (Å²) in [7, 11) is 0. The van der Waals surface area contributed by atoms with E-state index in [1.165, 1.54) is 0 Å². The number of carbonyl (C=O) groups is 2. The lowest BCUT2D eigenvalue weighted by molar-refractivity contribution is -0.138. The van der Waals surface area contributed by atoms with E-state index in [2.05, 4.69) is 0 Å². The Hall–Kier alpha value is -0.910. The Labute approximate surface area is 131 Å². The summed E-state index contributed by atoms with van der Waals surface area (Å²) in [5.41, 5.74) is 0.321. The number of nitrogens with zero attached hydrogens (tertiary/aromatic N) is 1. The third-order valence-corrected chi connectivity index (χ3v) is 4.99. The number of hydrogen-bond acceptors (Lipinski definition) is 3. The van der Waals surface area contributed by atoms with Gasteiger partial charge >= 0.3 is 5.97 Å². The second-order valence-electron chi connectivity index (χ2n) is 4.43. The van der Waals surface area contributed by atoms with Crippen molar-refractivity contribution in [2.75, 3.05) is 18.1 Å². The average molecular weight is 334 g/mol. The van der Waals surface area contributed by atoms with Gasteiger partial charge in [0, 0.05) is 18.1 Å². The highest BCUT2D eigenvalue weighted by atomic mass is 35.5. The van der Waals surface area contributed by atoms with Crippen LogP contribution in [0.2, 0.25) is 10.0 Å². The van der Waals surface area contributed by atoms with Gasteiger partial charge in [-0.2, -0.15) is 11.8 Å². The maximum absolute atomic E-state index is 12.5. The molecule has 1 fully saturated rings. The molecule has 4 nitrogen and oxygen atoms in total. The van der Waals surface area contributed by atoms with Crippen LogP contribution in [-0.2, 0) is 4.79 Å². The van der Waals surface area contributed by atoms with Gasteiger partial charge in [0.2, 0.25) is 0 Å². The smallest absolute Gasteiger partial charge is 0.305 e. The first kappa shape index (κ1) is 15.5. The predicted octanol–water partition coefficient (Wildman–Crippen LogP) is 3.03. The zero-order valence-electron chi connectivity index (χ0n) is 10.5. The van der Waals surface area contributed by atoms with Crippen LogP contribution < -0.4 is 0 Å². The molecule has 1 atom stereocenters. The van der Waals surface area contributed by atoms with Crippen LogP contribution in [0.5, 0.6) is 0 Å². The molecule has 0 spiro atoms. The Bertz CT molecular complexity index is 538. The molecule has 1 aliphatic heterocycles. The van der Waals surface area contributed by atoms with Crippen molar-refractivity contribution in [3.05, 3.63) is 33.8 Å². The van der Waals surface area contributed by atoms with E-state index in [0.29, 0.717) is 22.9 Å². The van der Waals surface area contributed by atoms with Gasteiger partial charge in [-0.05, 0) is 12.1 Å². The van der Waals surface area contributed by atoms with Crippen LogP contribution in [-0.4, -0.2) is 46.0 Å². The molecule has 0 aromatic heterocycles. The van der Waals surface area contributed by atoms with Crippen LogP contribution in [0.4, 0.5) is 0 Å². The highest BCUT2D eigenvalue weighted by Crippen LogP contribution is 2.29. The Morgan fingerprint density at radius 3 is 2.85 bits per heavy atom. The van der Waals surface area contributed by atoms with Crippen molar-refractivity contribution in [3.8, 4) is 0 Å². The number of amides is 1. The maximum atomic E-state index is 12.5. The summed E-state index contributed by atoms with van der Waals surface area (Å²) in [6, 6.07) is 4.57. The number of carboxylic acids is 1. The van der Waals surface area contributed by atoms with Gasteiger partial charge in [0.15, 0.2) is 0 Å². The van der Waals surface area contributed by atoms with E-state index in [1.807, 2.05) is 0 Å². The fourth-order valence-electron chi connectivity index (χ4n) is 2.12. The molecule has 7 heteroatoms. The van der Waals surface area contributed by atoms with Crippen LogP contribution in [0.25, 0.3) is 0 Å². The molecule has 0 saturated carbocycles. The van der Waals surface area contributed by atoms with Gasteiger partial charge in [-0.1, -0.05) is 29.3 Å². The number of aliphatic carboxylic acids is 1. The maximum Gasteiger partial charge on any atom is 0.305 e. The summed E-state index contributed by atoms with van der Waals surface area (Å²) in [6.07, 6.45) is -0.0586. The first-order valence-electron chi connectivity index (χ1n) is 6.05. The van der Waals surface area contributed by atoms with Gasteiger partial charge in [-0.25, -0.2) is 0 Å². The third kappa shape index (κ3) is 3.40. The molecule has 1 heterocycles. The number of carboxylic acid groups (broad SMARTS) is 1. The summed E-state index contributed by atoms with van der Waals surface area (Å²) in [6.45, 7) is 0.518. The fraction of sp³-hybridized carbons (Fsp3) is 0.385. The number of hydrogen-bond donors (Lipinski definition) is 1. The molecule has 1 amide bonds. The first-order chi connectivity index (χ1) is 9.50. The van der Waals surface area contributed by atoms with Crippen molar-refractivity contribution in [1.82, 2.24) is 4.90 Å². The molecule has 108 valence electrons. The summed E-state index contributed by atoms with van der Waals surface area (Å²) >= 11 is 13.6. The normalized spacial score (nSPS) is 18.9. The summed E-state index contributed by atoms with van der Waals surface area (Å²) in [5.74, 6) is 0.243. The summed E-state index contributed by atoms with van der Waals surface area (Å²) < 4.78 is 0. The van der Waals surface area contributed by atoms with E-state index in [-0.39, 0.29) is 23.4 Å². The molecule has 1 N–H and O–H groups in total. The van der Waals surface area contributed by atoms with Crippen LogP contribution in [0.3, 0.4) is 0 Å². The lowest BCUT2D eigenvalue weighted by Gasteiger charge is -2.34. The molecule has 20 heavy (non-hydrogen) atoms. The van der Waals surface area contributed by atoms with Crippen molar-refractivity contribution in [1.29, 1.82) is 0 Å². The predicted molar refractivity (Wildman–Crippen MR) is 80.9 cm³/mol. The van der Waals surface area contributed by atoms with Gasteiger partial charge in [0.25, 0.3) is 5.91 Å². The van der Waals surface area contributed by atoms with E-state index in [4.69, 9.17) is 28.3 Å². The molecule has 1 aromatic rings. The largest absolute Gasteiger partial charge is 0.481 e. The lowest BCUT2D eigenvalue weighted by Crippen LogP contribution is -2.47. The topological polar surface area (TPSA) is 57.6 Å². The number of halogens is 2. The van der Waals surface area contributed by atoms with Gasteiger partial charge in [0.05, 0.1) is 28.1 Å². The quantitative estimate of drug-likeness (QED) is 0.923. The Balaban J connectivity index is 2.25. The Morgan fingerprint density at radius 1 is 1.40 bits per heavy atom. The number of carbonyl (C=O) groups excluding carboxylic acids is 1. The van der Waals surface area contributed by atoms with Gasteiger partial charge in [-0.15, -0.1) is 0 Å². The first-order valence-corrected chi connectivity index (χ1v) is 7.96. The zero-order chi connectivity index (χ0) is 14.7. The van der Waals surface area contributed by atoms with Crippen LogP contribution >= 0.6 is 35.0 Å². The molecule has 1 unspecified atom stereocenters. The minimum Gasteiger partial charge on any atom is -0.481 e. The molecule has 0 bridgehead atoms. The van der Waals surface area contributed by atoms with Crippen molar-refractivity contribution >= 4 is 46.8 Å². The van der Waals surface area contributed by atoms with E-state index in [9.17, 15) is 9.59 Å². The average Bonchev–Trinajstić information content (AvgIpc) is 2.41. The molecule has 1 saturated heterocycles. The molecule has 1 aliphatic rings. The van der Waals surface area contributed by atoms with E-state index in [0.717, 1.165) is 5.75 Å². The van der Waals surface area contributed by atoms with Crippen molar-refractivity contribution in [2.24, 2.45) is 0 Å². The van der Waals surface area contributed by atoms with Crippen molar-refractivity contribution in [2.45, 2.75) is 12.5 Å². The second-order valence-corrected chi connectivity index (χ2v) is 6.36. The second kappa shape index (κ2) is 6.70. The van der Waals surface area contributed by atoms with Gasteiger partial charge in [0.1, 0.15) is 0 Å². The summed E-state index contributed by atoms with van der Waals surface area (Å²) in [5, 5.41) is 9.47. The standard InChI is InChI=1S/C13H13Cl2NO3S/c14-10-3-1-2-9(12(10)15)13(19)16-4-5-20-7-8(16)6-11(17)18/h1-3,8H,4-7H2,(H,17,18). The van der Waals surface area contributed by atoms with E-state index >= 15 is 0 Å². The Morgan fingerprint density at radius 2 is 2.15 bits per heavy atom. The molecule has 2 rings (SSSR count). The number of thioether (sulfide) groups is 1. The fourth-order valence-corrected chi connectivity index (χ4v) is 3.56. The van der Waals surface area contributed by atoms with Crippen molar-refractivity contribution < 1.29 is 14.7 Å². The van der Waals surface area contributed by atoms with Crippen LogP contribution in [0.1, 0.15) is 16.8 Å². The molecule has 0 radical (unpaired) electrons. The highest BCUT2D eigenvalue weighted by Gasteiger charge is 2.30. The molecular weight excluding hydrogens is 321 g/mol. The summed E-state index contributed by atoms with van der Waals surface area (Å²) in [4.78, 5) is 25.0. The van der Waals surface area contributed by atoms with E-state index < -0.39 is 5.97 Å². The zero-order valence-corrected chi connectivity index (χ0v) is 12.8. The molecule has 0 aliphatic carbocycles. The van der Waals surface area contributed by atoms with Crippen molar-refractivity contribution in [3.63, 3.8) is 0 Å². The molecule has 1 aromatic carbocycles. The number of rotatable bonds is 3. The minimum absolute atomic E-state index is 0.0586. The van der Waals surface area contributed by atoms with Gasteiger partial charge < -0.3 is 10.0 Å². The lowest BCUT2D eigenvalue weighted by atomic mass is 10.1. The Kier molecular flexibility index (Phi) is 5.18. The monoisotopic (exact) mass is 333 g/mol. The van der Waals surface area contributed by atoms with Crippen LogP contribution in [0.15, 0.2) is 18.2 Å². The highest BCUT2D eigenvalue weighted by molar-refractivity contribution is 7.99. The minimum atomic E-state index is -0.910. The SMILES string of the molecule is O=C(O)CC1CSCCN1C(=O)c1cccc(Cl)c1Cl. The van der Waals surface area contributed by atoms with E-state index in [1.54, 1.807) is 34.9 Å². The third-order valence-electron chi connectivity index (χ3n) is 3.08. The molecular formula is C13H13Cl2NO3S. The number of benzene rings is 1. The van der Waals surface area contributed by atoms with Crippen LogP contribution in [0, 0.1) is 0 Å².